The first-order valence-corrected chi connectivity index (χ1v) is 6.42. The fraction of sp³-hybridized carbons (Fsp3) is 0.538. The van der Waals surface area contributed by atoms with Crippen LogP contribution in [0.1, 0.15) is 37.3 Å². The molecule has 0 heterocycles. The fourth-order valence-corrected chi connectivity index (χ4v) is 2.48. The van der Waals surface area contributed by atoms with Crippen LogP contribution in [-0.2, 0) is 0 Å². The Morgan fingerprint density at radius 3 is 2.82 bits per heavy atom. The molecule has 1 aromatic carbocycles. The summed E-state index contributed by atoms with van der Waals surface area (Å²) in [6.07, 6.45) is 5.04. The zero-order valence-electron chi connectivity index (χ0n) is 10.1. The van der Waals surface area contributed by atoms with Crippen molar-refractivity contribution in [1.29, 1.82) is 0 Å². The summed E-state index contributed by atoms with van der Waals surface area (Å²) < 4.78 is 5.36. The third kappa shape index (κ3) is 2.92. The van der Waals surface area contributed by atoms with Gasteiger partial charge in [-0.3, -0.25) is 11.3 Å². The Labute approximate surface area is 107 Å². The van der Waals surface area contributed by atoms with Gasteiger partial charge in [0.2, 0.25) is 0 Å². The van der Waals surface area contributed by atoms with E-state index in [-0.39, 0.29) is 6.04 Å². The molecular formula is C13H19ClN2O. The molecule has 1 unspecified atom stereocenters. The van der Waals surface area contributed by atoms with Crippen LogP contribution in [0.25, 0.3) is 0 Å². The third-order valence-corrected chi connectivity index (χ3v) is 3.80. The van der Waals surface area contributed by atoms with Gasteiger partial charge in [0.1, 0.15) is 5.75 Å². The van der Waals surface area contributed by atoms with Crippen molar-refractivity contribution in [2.75, 3.05) is 7.11 Å². The van der Waals surface area contributed by atoms with Gasteiger partial charge in [0.25, 0.3) is 0 Å². The second-order valence-electron chi connectivity index (χ2n) is 4.64. The molecule has 17 heavy (non-hydrogen) atoms. The molecule has 0 amide bonds. The third-order valence-electron chi connectivity index (χ3n) is 3.57. The quantitative estimate of drug-likeness (QED) is 0.627. The number of rotatable bonds is 5. The van der Waals surface area contributed by atoms with Gasteiger partial charge in [-0.05, 0) is 24.5 Å². The normalized spacial score (nSPS) is 17.6. The van der Waals surface area contributed by atoms with Crippen molar-refractivity contribution >= 4 is 11.6 Å². The minimum atomic E-state index is 0.146. The Morgan fingerprint density at radius 1 is 1.53 bits per heavy atom. The number of halogens is 1. The number of nitrogens with two attached hydrogens (primary N) is 1. The zero-order chi connectivity index (χ0) is 12.3. The van der Waals surface area contributed by atoms with Crippen LogP contribution in [0.5, 0.6) is 5.75 Å². The lowest BCUT2D eigenvalue weighted by Gasteiger charge is -2.30. The molecule has 1 aromatic rings. The molecule has 1 atom stereocenters. The number of nitrogens with one attached hydrogen (secondary N) is 1. The zero-order valence-corrected chi connectivity index (χ0v) is 10.8. The molecule has 0 aromatic heterocycles. The molecule has 3 nitrogen and oxygen atoms in total. The van der Waals surface area contributed by atoms with E-state index >= 15 is 0 Å². The van der Waals surface area contributed by atoms with Gasteiger partial charge in [-0.2, -0.15) is 0 Å². The molecule has 0 radical (unpaired) electrons. The van der Waals surface area contributed by atoms with Gasteiger partial charge in [-0.25, -0.2) is 0 Å². The summed E-state index contributed by atoms with van der Waals surface area (Å²) >= 11 is 5.96. The minimum Gasteiger partial charge on any atom is -0.496 e. The summed E-state index contributed by atoms with van der Waals surface area (Å²) in [6.45, 7) is 0. The van der Waals surface area contributed by atoms with Crippen molar-refractivity contribution in [2.45, 2.75) is 31.7 Å². The Balaban J connectivity index is 2.16. The van der Waals surface area contributed by atoms with Crippen molar-refractivity contribution in [3.8, 4) is 5.75 Å². The van der Waals surface area contributed by atoms with E-state index in [2.05, 4.69) is 5.43 Å². The maximum atomic E-state index is 5.96. The first-order chi connectivity index (χ1) is 8.24. The maximum Gasteiger partial charge on any atom is 0.125 e. The Hall–Kier alpha value is -0.770. The molecule has 1 fully saturated rings. The van der Waals surface area contributed by atoms with E-state index < -0.39 is 0 Å². The molecule has 2 rings (SSSR count). The molecule has 0 aliphatic heterocycles. The summed E-state index contributed by atoms with van der Waals surface area (Å²) in [5.41, 5.74) is 3.98. The molecule has 1 aliphatic rings. The lowest BCUT2D eigenvalue weighted by atomic mass is 9.79. The van der Waals surface area contributed by atoms with E-state index in [1.165, 1.54) is 19.3 Å². The molecule has 1 saturated carbocycles. The van der Waals surface area contributed by atoms with Crippen molar-refractivity contribution in [1.82, 2.24) is 5.43 Å². The minimum absolute atomic E-state index is 0.146. The maximum absolute atomic E-state index is 5.96. The molecule has 0 bridgehead atoms. The average molecular weight is 255 g/mol. The number of hydrogen-bond acceptors (Lipinski definition) is 3. The van der Waals surface area contributed by atoms with Gasteiger partial charge in [0.15, 0.2) is 0 Å². The van der Waals surface area contributed by atoms with Crippen molar-refractivity contribution in [2.24, 2.45) is 11.8 Å². The van der Waals surface area contributed by atoms with Crippen LogP contribution in [0.2, 0.25) is 5.02 Å². The van der Waals surface area contributed by atoms with Crippen molar-refractivity contribution < 1.29 is 4.74 Å². The molecule has 3 N–H and O–H groups in total. The molecule has 94 valence electrons. The van der Waals surface area contributed by atoms with Crippen LogP contribution >= 0.6 is 11.6 Å². The van der Waals surface area contributed by atoms with Gasteiger partial charge >= 0.3 is 0 Å². The molecule has 0 saturated heterocycles. The first-order valence-electron chi connectivity index (χ1n) is 6.04. The highest BCUT2D eigenvalue weighted by Gasteiger charge is 2.24. The number of benzene rings is 1. The monoisotopic (exact) mass is 254 g/mol. The van der Waals surface area contributed by atoms with Gasteiger partial charge in [-0.15, -0.1) is 0 Å². The van der Waals surface area contributed by atoms with Crippen LogP contribution in [0.4, 0.5) is 0 Å². The summed E-state index contributed by atoms with van der Waals surface area (Å²) in [5, 5.41) is 0.685. The Bertz CT molecular complexity index is 380. The number of methoxy groups -OCH3 is 1. The summed E-state index contributed by atoms with van der Waals surface area (Å²) in [7, 11) is 1.66. The van der Waals surface area contributed by atoms with Crippen LogP contribution in [0.15, 0.2) is 18.2 Å². The SMILES string of the molecule is COc1cc(Cl)ccc1C(CC1CCC1)NN. The number of hydrogen-bond donors (Lipinski definition) is 2. The van der Waals surface area contributed by atoms with Crippen molar-refractivity contribution in [3.63, 3.8) is 0 Å². The predicted molar refractivity (Wildman–Crippen MR) is 70.0 cm³/mol. The van der Waals surface area contributed by atoms with E-state index in [1.807, 2.05) is 18.2 Å². The van der Waals surface area contributed by atoms with Crippen molar-refractivity contribution in [3.05, 3.63) is 28.8 Å². The Kier molecular flexibility index (Phi) is 4.26. The lowest BCUT2D eigenvalue weighted by Crippen LogP contribution is -2.31. The summed E-state index contributed by atoms with van der Waals surface area (Å²) in [6, 6.07) is 5.85. The molecule has 4 heteroatoms. The molecule has 1 aliphatic carbocycles. The highest BCUT2D eigenvalue weighted by Crippen LogP contribution is 2.37. The smallest absolute Gasteiger partial charge is 0.125 e. The highest BCUT2D eigenvalue weighted by molar-refractivity contribution is 6.30. The fourth-order valence-electron chi connectivity index (χ4n) is 2.32. The van der Waals surface area contributed by atoms with Crippen LogP contribution < -0.4 is 16.0 Å². The van der Waals surface area contributed by atoms with E-state index in [1.54, 1.807) is 7.11 Å². The van der Waals surface area contributed by atoms with E-state index in [0.717, 1.165) is 23.7 Å². The van der Waals surface area contributed by atoms with Gasteiger partial charge in [0.05, 0.1) is 7.11 Å². The highest BCUT2D eigenvalue weighted by atomic mass is 35.5. The summed E-state index contributed by atoms with van der Waals surface area (Å²) in [4.78, 5) is 0. The Morgan fingerprint density at radius 2 is 2.29 bits per heavy atom. The van der Waals surface area contributed by atoms with E-state index in [4.69, 9.17) is 22.2 Å². The summed E-state index contributed by atoms with van der Waals surface area (Å²) in [5.74, 6) is 7.25. The van der Waals surface area contributed by atoms with E-state index in [0.29, 0.717) is 5.02 Å². The van der Waals surface area contributed by atoms with Gasteiger partial charge < -0.3 is 4.74 Å². The largest absolute Gasteiger partial charge is 0.496 e. The van der Waals surface area contributed by atoms with Crippen LogP contribution in [-0.4, -0.2) is 7.11 Å². The lowest BCUT2D eigenvalue weighted by molar-refractivity contribution is 0.259. The topological polar surface area (TPSA) is 47.3 Å². The standard InChI is InChI=1S/C13H19ClN2O/c1-17-13-8-10(14)5-6-11(13)12(16-15)7-9-3-2-4-9/h5-6,8-9,12,16H,2-4,7,15H2,1H3. The predicted octanol–water partition coefficient (Wildman–Crippen LogP) is 3.04. The van der Waals surface area contributed by atoms with Gasteiger partial charge in [-0.1, -0.05) is 36.9 Å². The molecular weight excluding hydrogens is 236 g/mol. The second kappa shape index (κ2) is 5.71. The first kappa shape index (κ1) is 12.7. The van der Waals surface area contributed by atoms with Gasteiger partial charge in [0, 0.05) is 16.6 Å². The van der Waals surface area contributed by atoms with E-state index in [9.17, 15) is 0 Å². The molecule has 0 spiro atoms. The number of ether oxygens (including phenoxy) is 1. The van der Waals surface area contributed by atoms with Crippen LogP contribution in [0, 0.1) is 5.92 Å². The average Bonchev–Trinajstić information content (AvgIpc) is 2.29. The second-order valence-corrected chi connectivity index (χ2v) is 5.07. The number of hydrazine groups is 1. The van der Waals surface area contributed by atoms with Crippen LogP contribution in [0.3, 0.4) is 0 Å².